The van der Waals surface area contributed by atoms with E-state index in [0.717, 1.165) is 5.56 Å². The number of fused-ring (bicyclic) bond motifs is 1. The van der Waals surface area contributed by atoms with Crippen LogP contribution in [0.4, 0.5) is 5.82 Å². The van der Waals surface area contributed by atoms with Crippen molar-refractivity contribution < 1.29 is 27.6 Å². The highest BCUT2D eigenvalue weighted by molar-refractivity contribution is 7.86. The number of aryl methyl sites for hydroxylation is 1. The molecule has 0 spiro atoms. The standard InChI is InChI=1S/C17H19N5O6S/c1-9-2-4-10(5-3-9)29(25,26)27-6-11-13(23)14(24)17(28-11)22-8-21-12-15(18)19-7-20-16(12)22/h2-5,7-8,11,13-14,17,23-24H,6H2,1H3,(H2,18,19,20)/t11-,13+,14-,17+/m0/s1. The molecule has 1 aliphatic rings. The lowest BCUT2D eigenvalue weighted by Gasteiger charge is -2.16. The molecule has 4 N–H and O–H groups in total. The van der Waals surface area contributed by atoms with Gasteiger partial charge in [-0.05, 0) is 19.1 Å². The van der Waals surface area contributed by atoms with E-state index in [4.69, 9.17) is 14.7 Å². The second kappa shape index (κ2) is 7.31. The highest BCUT2D eigenvalue weighted by Crippen LogP contribution is 2.32. The molecular formula is C17H19N5O6S. The maximum absolute atomic E-state index is 12.3. The lowest BCUT2D eigenvalue weighted by molar-refractivity contribution is -0.0467. The number of hydrogen-bond acceptors (Lipinski definition) is 10. The number of rotatable bonds is 5. The topological polar surface area (TPSA) is 163 Å². The molecule has 2 aromatic heterocycles. The number of aromatic nitrogens is 4. The molecule has 1 aromatic carbocycles. The second-order valence-electron chi connectivity index (χ2n) is 6.68. The summed E-state index contributed by atoms with van der Waals surface area (Å²) in [6.07, 6.45) is -2.30. The third-order valence-corrected chi connectivity index (χ3v) is 5.99. The molecule has 1 saturated heterocycles. The maximum atomic E-state index is 12.3. The number of ether oxygens (including phenoxy) is 1. The fraction of sp³-hybridized carbons (Fsp3) is 0.353. The molecular weight excluding hydrogens is 402 g/mol. The quantitative estimate of drug-likeness (QED) is 0.468. The molecule has 0 aliphatic carbocycles. The number of nitrogens with two attached hydrogens (primary N) is 1. The summed E-state index contributed by atoms with van der Waals surface area (Å²) in [6.45, 7) is 1.36. The SMILES string of the molecule is Cc1ccc(S(=O)(=O)OC[C@@H]2O[C@@H](n3cnc4c(N)ncnc43)[C@@H](O)[C@@H]2O)cc1. The third kappa shape index (κ3) is 3.56. The van der Waals surface area contributed by atoms with Gasteiger partial charge in [-0.2, -0.15) is 8.42 Å². The number of aliphatic hydroxyl groups is 2. The highest BCUT2D eigenvalue weighted by Gasteiger charge is 2.45. The summed E-state index contributed by atoms with van der Waals surface area (Å²) in [4.78, 5) is 12.0. The summed E-state index contributed by atoms with van der Waals surface area (Å²) < 4.78 is 36.8. The summed E-state index contributed by atoms with van der Waals surface area (Å²) in [5.74, 6) is 0.158. The lowest BCUT2D eigenvalue weighted by atomic mass is 10.1. The van der Waals surface area contributed by atoms with E-state index < -0.39 is 41.3 Å². The van der Waals surface area contributed by atoms with Gasteiger partial charge in [0.2, 0.25) is 0 Å². The van der Waals surface area contributed by atoms with E-state index in [2.05, 4.69) is 15.0 Å². The van der Waals surface area contributed by atoms with Crippen molar-refractivity contribution in [3.63, 3.8) is 0 Å². The molecule has 29 heavy (non-hydrogen) atoms. The van der Waals surface area contributed by atoms with Crippen LogP contribution in [0.1, 0.15) is 11.8 Å². The molecule has 154 valence electrons. The predicted molar refractivity (Wildman–Crippen MR) is 100.0 cm³/mol. The van der Waals surface area contributed by atoms with Crippen LogP contribution in [0.15, 0.2) is 41.8 Å². The normalized spacial score (nSPS) is 24.9. The van der Waals surface area contributed by atoms with Crippen LogP contribution < -0.4 is 5.73 Å². The van der Waals surface area contributed by atoms with Crippen LogP contribution in [0.3, 0.4) is 0 Å². The van der Waals surface area contributed by atoms with Gasteiger partial charge in [0.25, 0.3) is 10.1 Å². The van der Waals surface area contributed by atoms with E-state index in [1.807, 2.05) is 6.92 Å². The van der Waals surface area contributed by atoms with Crippen molar-refractivity contribution in [3.05, 3.63) is 42.5 Å². The number of nitrogen functional groups attached to an aromatic ring is 1. The van der Waals surface area contributed by atoms with Crippen LogP contribution in [0.25, 0.3) is 11.2 Å². The number of aliphatic hydroxyl groups excluding tert-OH is 2. The Morgan fingerprint density at radius 1 is 1.17 bits per heavy atom. The zero-order valence-electron chi connectivity index (χ0n) is 15.3. The van der Waals surface area contributed by atoms with Crippen molar-refractivity contribution in [2.45, 2.75) is 36.4 Å². The Hall–Kier alpha value is -2.64. The first-order valence-electron chi connectivity index (χ1n) is 8.68. The van der Waals surface area contributed by atoms with Crippen LogP contribution >= 0.6 is 0 Å². The Kier molecular flexibility index (Phi) is 4.96. The predicted octanol–water partition coefficient (Wildman–Crippen LogP) is -0.258. The summed E-state index contributed by atoms with van der Waals surface area (Å²) in [5, 5.41) is 20.7. The number of anilines is 1. The third-order valence-electron chi connectivity index (χ3n) is 4.70. The smallest absolute Gasteiger partial charge is 0.297 e. The van der Waals surface area contributed by atoms with Crippen molar-refractivity contribution in [1.29, 1.82) is 0 Å². The van der Waals surface area contributed by atoms with Crippen molar-refractivity contribution in [2.75, 3.05) is 12.3 Å². The molecule has 3 aromatic rings. The molecule has 4 rings (SSSR count). The van der Waals surface area contributed by atoms with Gasteiger partial charge >= 0.3 is 0 Å². The number of nitrogens with zero attached hydrogens (tertiary/aromatic N) is 4. The van der Waals surface area contributed by atoms with Gasteiger partial charge in [0.15, 0.2) is 17.7 Å². The molecule has 3 heterocycles. The van der Waals surface area contributed by atoms with Crippen molar-refractivity contribution in [1.82, 2.24) is 19.5 Å². The zero-order chi connectivity index (χ0) is 20.8. The first-order chi connectivity index (χ1) is 13.8. The van der Waals surface area contributed by atoms with Crippen molar-refractivity contribution in [3.8, 4) is 0 Å². The van der Waals surface area contributed by atoms with Crippen molar-refractivity contribution in [2.24, 2.45) is 0 Å². The maximum Gasteiger partial charge on any atom is 0.297 e. The summed E-state index contributed by atoms with van der Waals surface area (Å²) >= 11 is 0. The minimum atomic E-state index is -4.05. The summed E-state index contributed by atoms with van der Waals surface area (Å²) in [5.41, 5.74) is 7.28. The first-order valence-corrected chi connectivity index (χ1v) is 10.1. The number of benzene rings is 1. The molecule has 1 fully saturated rings. The van der Waals surface area contributed by atoms with E-state index in [0.29, 0.717) is 11.2 Å². The van der Waals surface area contributed by atoms with Crippen LogP contribution in [0.5, 0.6) is 0 Å². The molecule has 1 aliphatic heterocycles. The van der Waals surface area contributed by atoms with Crippen LogP contribution in [-0.2, 0) is 19.0 Å². The molecule has 0 radical (unpaired) electrons. The Balaban J connectivity index is 1.51. The van der Waals surface area contributed by atoms with E-state index in [9.17, 15) is 18.6 Å². The summed E-state index contributed by atoms with van der Waals surface area (Å²) in [7, 11) is -4.05. The van der Waals surface area contributed by atoms with Gasteiger partial charge in [-0.25, -0.2) is 15.0 Å². The summed E-state index contributed by atoms with van der Waals surface area (Å²) in [6, 6.07) is 6.15. The van der Waals surface area contributed by atoms with Crippen molar-refractivity contribution >= 4 is 27.1 Å². The highest BCUT2D eigenvalue weighted by atomic mass is 32.2. The molecule has 0 bridgehead atoms. The fourth-order valence-electron chi connectivity index (χ4n) is 3.08. The molecule has 0 amide bonds. The Morgan fingerprint density at radius 3 is 2.62 bits per heavy atom. The van der Waals surface area contributed by atoms with Gasteiger partial charge in [0.1, 0.15) is 30.2 Å². The number of imidazole rings is 1. The Morgan fingerprint density at radius 2 is 1.90 bits per heavy atom. The Bertz CT molecular complexity index is 1130. The zero-order valence-corrected chi connectivity index (χ0v) is 16.1. The average molecular weight is 421 g/mol. The van der Waals surface area contributed by atoms with Crippen LogP contribution in [0, 0.1) is 6.92 Å². The first kappa shape index (κ1) is 19.7. The fourth-order valence-corrected chi connectivity index (χ4v) is 4.00. The van der Waals surface area contributed by atoms with E-state index in [-0.39, 0.29) is 10.7 Å². The van der Waals surface area contributed by atoms with Gasteiger partial charge in [-0.3, -0.25) is 8.75 Å². The lowest BCUT2D eigenvalue weighted by Crippen LogP contribution is -2.34. The van der Waals surface area contributed by atoms with Crippen LogP contribution in [0.2, 0.25) is 0 Å². The molecule has 0 saturated carbocycles. The minimum Gasteiger partial charge on any atom is -0.387 e. The van der Waals surface area contributed by atoms with E-state index in [1.54, 1.807) is 12.1 Å². The molecule has 11 nitrogen and oxygen atoms in total. The molecule has 4 atom stereocenters. The van der Waals surface area contributed by atoms with Gasteiger partial charge in [-0.1, -0.05) is 17.7 Å². The molecule has 0 unspecified atom stereocenters. The Labute approximate surface area is 165 Å². The van der Waals surface area contributed by atoms with E-state index in [1.165, 1.54) is 29.4 Å². The average Bonchev–Trinajstić information content (AvgIpc) is 3.24. The van der Waals surface area contributed by atoms with Crippen LogP contribution in [-0.4, -0.2) is 63.1 Å². The van der Waals surface area contributed by atoms with Gasteiger partial charge < -0.3 is 20.7 Å². The van der Waals surface area contributed by atoms with Gasteiger partial charge in [0, 0.05) is 0 Å². The monoisotopic (exact) mass is 421 g/mol. The van der Waals surface area contributed by atoms with Gasteiger partial charge in [-0.15, -0.1) is 0 Å². The van der Waals surface area contributed by atoms with Gasteiger partial charge in [0.05, 0.1) is 17.8 Å². The minimum absolute atomic E-state index is 0.0135. The largest absolute Gasteiger partial charge is 0.387 e. The molecule has 12 heteroatoms. The van der Waals surface area contributed by atoms with E-state index >= 15 is 0 Å². The second-order valence-corrected chi connectivity index (χ2v) is 8.30. The number of hydrogen-bond donors (Lipinski definition) is 3.